The first-order chi connectivity index (χ1) is 10.1. The SMILES string of the molecule is CCNCc1cccc(NC(=O)c2c(O)cccc2O)c1. The average Bonchev–Trinajstić information content (AvgIpc) is 2.45. The van der Waals surface area contributed by atoms with Crippen LogP contribution in [0.4, 0.5) is 5.69 Å². The third-order valence-electron chi connectivity index (χ3n) is 3.01. The van der Waals surface area contributed by atoms with Crippen molar-refractivity contribution in [2.45, 2.75) is 13.5 Å². The summed E-state index contributed by atoms with van der Waals surface area (Å²) in [4.78, 5) is 12.1. The number of phenolic OH excluding ortho intramolecular Hbond substituents is 2. The lowest BCUT2D eigenvalue weighted by atomic mass is 10.1. The molecule has 0 saturated heterocycles. The first kappa shape index (κ1) is 14.9. The Morgan fingerprint density at radius 3 is 2.43 bits per heavy atom. The summed E-state index contributed by atoms with van der Waals surface area (Å²) < 4.78 is 0. The van der Waals surface area contributed by atoms with E-state index in [0.717, 1.165) is 12.1 Å². The molecule has 0 radical (unpaired) electrons. The van der Waals surface area contributed by atoms with Crippen molar-refractivity contribution in [3.05, 3.63) is 53.6 Å². The van der Waals surface area contributed by atoms with Crippen molar-refractivity contribution in [2.24, 2.45) is 0 Å². The average molecular weight is 286 g/mol. The van der Waals surface area contributed by atoms with Gasteiger partial charge in [0.15, 0.2) is 0 Å². The second-order valence-electron chi connectivity index (χ2n) is 4.61. The lowest BCUT2D eigenvalue weighted by Crippen LogP contribution is -2.14. The number of hydrogen-bond donors (Lipinski definition) is 4. The number of amides is 1. The highest BCUT2D eigenvalue weighted by Crippen LogP contribution is 2.27. The van der Waals surface area contributed by atoms with E-state index in [-0.39, 0.29) is 17.1 Å². The second-order valence-corrected chi connectivity index (χ2v) is 4.61. The van der Waals surface area contributed by atoms with Gasteiger partial charge in [0.2, 0.25) is 0 Å². The van der Waals surface area contributed by atoms with Crippen LogP contribution in [0.15, 0.2) is 42.5 Å². The summed E-state index contributed by atoms with van der Waals surface area (Å²) in [5.41, 5.74) is 1.52. The Bertz CT molecular complexity index is 621. The van der Waals surface area contributed by atoms with Gasteiger partial charge in [-0.25, -0.2) is 0 Å². The largest absolute Gasteiger partial charge is 0.507 e. The predicted molar refractivity (Wildman–Crippen MR) is 81.5 cm³/mol. The molecule has 110 valence electrons. The highest BCUT2D eigenvalue weighted by atomic mass is 16.3. The number of carbonyl (C=O) groups is 1. The van der Waals surface area contributed by atoms with Crippen molar-refractivity contribution < 1.29 is 15.0 Å². The van der Waals surface area contributed by atoms with Crippen LogP contribution in [0.3, 0.4) is 0 Å². The second kappa shape index (κ2) is 6.76. The van der Waals surface area contributed by atoms with Crippen LogP contribution in [-0.2, 0) is 6.54 Å². The summed E-state index contributed by atoms with van der Waals surface area (Å²) >= 11 is 0. The number of carbonyl (C=O) groups excluding carboxylic acids is 1. The third-order valence-corrected chi connectivity index (χ3v) is 3.01. The first-order valence-electron chi connectivity index (χ1n) is 6.73. The molecule has 0 fully saturated rings. The minimum absolute atomic E-state index is 0.130. The Balaban J connectivity index is 2.16. The van der Waals surface area contributed by atoms with Crippen LogP contribution in [0.5, 0.6) is 11.5 Å². The smallest absolute Gasteiger partial charge is 0.263 e. The first-order valence-corrected chi connectivity index (χ1v) is 6.73. The Morgan fingerprint density at radius 2 is 1.76 bits per heavy atom. The molecule has 0 saturated carbocycles. The number of anilines is 1. The Morgan fingerprint density at radius 1 is 1.10 bits per heavy atom. The van der Waals surface area contributed by atoms with E-state index in [4.69, 9.17) is 0 Å². The number of hydrogen-bond acceptors (Lipinski definition) is 4. The molecule has 5 nitrogen and oxygen atoms in total. The highest BCUT2D eigenvalue weighted by molar-refractivity contribution is 6.08. The zero-order chi connectivity index (χ0) is 15.2. The Labute approximate surface area is 123 Å². The van der Waals surface area contributed by atoms with E-state index in [1.165, 1.54) is 18.2 Å². The van der Waals surface area contributed by atoms with Gasteiger partial charge in [-0.05, 0) is 36.4 Å². The standard InChI is InChI=1S/C16H18N2O3/c1-2-17-10-11-5-3-6-12(9-11)18-16(21)15-13(19)7-4-8-14(15)20/h3-9,17,19-20H,2,10H2,1H3,(H,18,21). The number of nitrogens with one attached hydrogen (secondary N) is 2. The predicted octanol–water partition coefficient (Wildman–Crippen LogP) is 2.46. The molecule has 2 rings (SSSR count). The van der Waals surface area contributed by atoms with Crippen molar-refractivity contribution in [3.8, 4) is 11.5 Å². The van der Waals surface area contributed by atoms with Crippen molar-refractivity contribution in [1.29, 1.82) is 0 Å². The molecular weight excluding hydrogens is 268 g/mol. The minimum Gasteiger partial charge on any atom is -0.507 e. The summed E-state index contributed by atoms with van der Waals surface area (Å²) in [5, 5.41) is 25.2. The summed E-state index contributed by atoms with van der Waals surface area (Å²) in [7, 11) is 0. The van der Waals surface area contributed by atoms with Gasteiger partial charge in [-0.2, -0.15) is 0 Å². The number of phenols is 2. The van der Waals surface area contributed by atoms with Gasteiger partial charge in [0.05, 0.1) is 0 Å². The van der Waals surface area contributed by atoms with E-state index in [2.05, 4.69) is 10.6 Å². The third kappa shape index (κ3) is 3.73. The van der Waals surface area contributed by atoms with Crippen LogP contribution in [0, 0.1) is 0 Å². The van der Waals surface area contributed by atoms with E-state index in [9.17, 15) is 15.0 Å². The molecule has 1 amide bonds. The topological polar surface area (TPSA) is 81.6 Å². The molecule has 0 atom stereocenters. The lowest BCUT2D eigenvalue weighted by molar-refractivity contribution is 0.102. The molecule has 0 aliphatic carbocycles. The van der Waals surface area contributed by atoms with Gasteiger partial charge >= 0.3 is 0 Å². The molecule has 2 aromatic rings. The fraction of sp³-hybridized carbons (Fsp3) is 0.188. The van der Waals surface area contributed by atoms with Gasteiger partial charge in [0.25, 0.3) is 5.91 Å². The molecule has 2 aromatic carbocycles. The molecule has 0 spiro atoms. The number of aromatic hydroxyl groups is 2. The van der Waals surface area contributed by atoms with Crippen LogP contribution < -0.4 is 10.6 Å². The summed E-state index contributed by atoms with van der Waals surface area (Å²) in [5.74, 6) is -1.06. The zero-order valence-electron chi connectivity index (χ0n) is 11.8. The minimum atomic E-state index is -0.550. The van der Waals surface area contributed by atoms with Crippen LogP contribution in [0.1, 0.15) is 22.8 Å². The summed E-state index contributed by atoms with van der Waals surface area (Å²) in [6.45, 7) is 3.59. The van der Waals surface area contributed by atoms with Gasteiger partial charge in [0.1, 0.15) is 17.1 Å². The van der Waals surface area contributed by atoms with Gasteiger partial charge in [-0.3, -0.25) is 4.79 Å². The highest BCUT2D eigenvalue weighted by Gasteiger charge is 2.16. The van der Waals surface area contributed by atoms with Gasteiger partial charge in [0, 0.05) is 12.2 Å². The van der Waals surface area contributed by atoms with Crippen LogP contribution >= 0.6 is 0 Å². The van der Waals surface area contributed by atoms with Gasteiger partial charge < -0.3 is 20.8 Å². The maximum Gasteiger partial charge on any atom is 0.263 e. The quantitative estimate of drug-likeness (QED) is 0.680. The van der Waals surface area contributed by atoms with Crippen LogP contribution in [0.2, 0.25) is 0 Å². The molecule has 0 aromatic heterocycles. The van der Waals surface area contributed by atoms with Crippen molar-refractivity contribution in [1.82, 2.24) is 5.32 Å². The number of benzene rings is 2. The molecule has 0 unspecified atom stereocenters. The normalized spacial score (nSPS) is 10.3. The molecule has 0 aliphatic heterocycles. The van der Waals surface area contributed by atoms with E-state index in [1.807, 2.05) is 25.1 Å². The molecule has 0 heterocycles. The van der Waals surface area contributed by atoms with Crippen molar-refractivity contribution >= 4 is 11.6 Å². The number of rotatable bonds is 5. The molecule has 0 bridgehead atoms. The van der Waals surface area contributed by atoms with Gasteiger partial charge in [-0.15, -0.1) is 0 Å². The molecule has 21 heavy (non-hydrogen) atoms. The van der Waals surface area contributed by atoms with Crippen LogP contribution in [-0.4, -0.2) is 22.7 Å². The Kier molecular flexibility index (Phi) is 4.79. The lowest BCUT2D eigenvalue weighted by Gasteiger charge is -2.10. The maximum atomic E-state index is 12.1. The fourth-order valence-corrected chi connectivity index (χ4v) is 1.98. The molecule has 0 aliphatic rings. The maximum absolute atomic E-state index is 12.1. The van der Waals surface area contributed by atoms with E-state index < -0.39 is 5.91 Å². The molecular formula is C16H18N2O3. The monoisotopic (exact) mass is 286 g/mol. The van der Waals surface area contributed by atoms with Crippen LogP contribution in [0.25, 0.3) is 0 Å². The van der Waals surface area contributed by atoms with Gasteiger partial charge in [-0.1, -0.05) is 25.1 Å². The van der Waals surface area contributed by atoms with E-state index in [1.54, 1.807) is 6.07 Å². The summed E-state index contributed by atoms with van der Waals surface area (Å²) in [6, 6.07) is 11.6. The fourth-order valence-electron chi connectivity index (χ4n) is 1.98. The van der Waals surface area contributed by atoms with Crippen molar-refractivity contribution in [2.75, 3.05) is 11.9 Å². The van der Waals surface area contributed by atoms with E-state index >= 15 is 0 Å². The molecule has 5 heteroatoms. The van der Waals surface area contributed by atoms with Crippen molar-refractivity contribution in [3.63, 3.8) is 0 Å². The Hall–Kier alpha value is -2.53. The summed E-state index contributed by atoms with van der Waals surface area (Å²) in [6.07, 6.45) is 0. The zero-order valence-corrected chi connectivity index (χ0v) is 11.8. The molecule has 4 N–H and O–H groups in total. The van der Waals surface area contributed by atoms with E-state index in [0.29, 0.717) is 12.2 Å².